The first-order chi connectivity index (χ1) is 14.8. The van der Waals surface area contributed by atoms with Crippen LogP contribution in [0.4, 0.5) is 0 Å². The number of likely N-dealkylation sites (N-methyl/N-ethyl adjacent to an activating group) is 1. The van der Waals surface area contributed by atoms with Gasteiger partial charge in [-0.25, -0.2) is 8.42 Å². The maximum atomic E-state index is 13.4. The van der Waals surface area contributed by atoms with E-state index in [1.807, 2.05) is 0 Å². The Morgan fingerprint density at radius 2 is 1.74 bits per heavy atom. The van der Waals surface area contributed by atoms with Crippen molar-refractivity contribution in [3.8, 4) is 5.75 Å². The molecule has 1 saturated carbocycles. The summed E-state index contributed by atoms with van der Waals surface area (Å²) in [5.41, 5.74) is -0.336. The average Bonchev–Trinajstić information content (AvgIpc) is 3.58. The highest BCUT2D eigenvalue weighted by Crippen LogP contribution is 2.44. The van der Waals surface area contributed by atoms with Crippen LogP contribution in [0.5, 0.6) is 5.75 Å². The molecule has 0 bridgehead atoms. The predicted molar refractivity (Wildman–Crippen MR) is 116 cm³/mol. The van der Waals surface area contributed by atoms with E-state index < -0.39 is 10.0 Å². The number of fused-ring (bicyclic) bond motifs is 2. The molecule has 4 fully saturated rings. The van der Waals surface area contributed by atoms with Gasteiger partial charge >= 0.3 is 0 Å². The summed E-state index contributed by atoms with van der Waals surface area (Å²) in [6.45, 7) is 4.25. The minimum Gasteiger partial charge on any atom is -0.497 e. The van der Waals surface area contributed by atoms with Crippen LogP contribution in [-0.2, 0) is 14.8 Å². The van der Waals surface area contributed by atoms with Gasteiger partial charge in [-0.1, -0.05) is 0 Å². The number of hydrogen-bond donors (Lipinski definition) is 0. The summed E-state index contributed by atoms with van der Waals surface area (Å²) >= 11 is 0. The van der Waals surface area contributed by atoms with Gasteiger partial charge < -0.3 is 14.5 Å². The molecule has 1 spiro atoms. The number of piperazine rings is 1. The van der Waals surface area contributed by atoms with Crippen LogP contribution in [0.15, 0.2) is 29.2 Å². The fourth-order valence-corrected chi connectivity index (χ4v) is 6.97. The predicted octanol–water partition coefficient (Wildman–Crippen LogP) is 1.04. The van der Waals surface area contributed by atoms with Crippen LogP contribution in [0, 0.1) is 5.92 Å². The molecule has 1 amide bonds. The Hall–Kier alpha value is -1.68. The average molecular weight is 449 g/mol. The molecule has 4 aliphatic rings. The molecule has 170 valence electrons. The lowest BCUT2D eigenvalue weighted by molar-refractivity contribution is -0.134. The van der Waals surface area contributed by atoms with Crippen LogP contribution in [0.3, 0.4) is 0 Å². The van der Waals surface area contributed by atoms with Crippen LogP contribution in [-0.4, -0.2) is 98.5 Å². The minimum absolute atomic E-state index is 0.0951. The number of carbonyl (C=O) groups is 1. The Bertz CT molecular complexity index is 939. The van der Waals surface area contributed by atoms with E-state index in [-0.39, 0.29) is 17.6 Å². The van der Waals surface area contributed by atoms with E-state index in [0.29, 0.717) is 42.5 Å². The second-order valence-corrected chi connectivity index (χ2v) is 11.4. The molecule has 9 heteroatoms. The third-order valence-corrected chi connectivity index (χ3v) is 9.44. The number of rotatable bonds is 5. The largest absolute Gasteiger partial charge is 0.497 e. The number of sulfonamides is 1. The molecule has 5 rings (SSSR count). The van der Waals surface area contributed by atoms with Crippen molar-refractivity contribution in [2.24, 2.45) is 5.92 Å². The van der Waals surface area contributed by atoms with Gasteiger partial charge in [0.05, 0.1) is 17.7 Å². The first-order valence-electron chi connectivity index (χ1n) is 11.3. The highest BCUT2D eigenvalue weighted by atomic mass is 32.2. The number of ether oxygens (including phenoxy) is 1. The van der Waals surface area contributed by atoms with Crippen molar-refractivity contribution in [2.45, 2.75) is 42.3 Å². The minimum atomic E-state index is -3.57. The molecule has 0 unspecified atom stereocenters. The Morgan fingerprint density at radius 3 is 2.35 bits per heavy atom. The molecule has 3 saturated heterocycles. The summed E-state index contributed by atoms with van der Waals surface area (Å²) in [5.74, 6) is 1.49. The fraction of sp³-hybridized carbons (Fsp3) is 0.682. The van der Waals surface area contributed by atoms with Crippen LogP contribution >= 0.6 is 0 Å². The SMILES string of the molecule is COc1ccc(S(=O)(=O)N2CCC3(CC2)N(CC2CC2)C(=O)[C@H]2CN(C)CCN23)cc1. The molecule has 3 heterocycles. The van der Waals surface area contributed by atoms with Gasteiger partial charge in [0.2, 0.25) is 15.9 Å². The zero-order chi connectivity index (χ0) is 21.8. The standard InChI is InChI=1S/C22H32N4O4S/c1-23-13-14-25-20(16-23)21(27)26(15-17-3-4-17)22(25)9-11-24(12-10-22)31(28,29)19-7-5-18(30-2)6-8-19/h5-8,17,20H,3-4,9-16H2,1-2H3/t20-/m1/s1. The maximum Gasteiger partial charge on any atom is 0.243 e. The van der Waals surface area contributed by atoms with Gasteiger partial charge in [0.15, 0.2) is 0 Å². The number of amides is 1. The summed E-state index contributed by atoms with van der Waals surface area (Å²) in [4.78, 5) is 20.4. The lowest BCUT2D eigenvalue weighted by Crippen LogP contribution is -2.63. The van der Waals surface area contributed by atoms with Crippen molar-refractivity contribution >= 4 is 15.9 Å². The van der Waals surface area contributed by atoms with Gasteiger partial charge in [0, 0.05) is 39.3 Å². The van der Waals surface area contributed by atoms with Gasteiger partial charge in [0.25, 0.3) is 0 Å². The number of methoxy groups -OCH3 is 1. The molecule has 0 aromatic heterocycles. The van der Waals surface area contributed by atoms with Crippen LogP contribution in [0.1, 0.15) is 25.7 Å². The summed E-state index contributed by atoms with van der Waals surface area (Å²) in [7, 11) is 0.0738. The van der Waals surface area contributed by atoms with E-state index in [4.69, 9.17) is 4.74 Å². The highest BCUT2D eigenvalue weighted by Gasteiger charge is 2.59. The van der Waals surface area contributed by atoms with Crippen LogP contribution < -0.4 is 4.74 Å². The zero-order valence-corrected chi connectivity index (χ0v) is 19.2. The van der Waals surface area contributed by atoms with Gasteiger partial charge in [-0.2, -0.15) is 4.31 Å². The van der Waals surface area contributed by atoms with Gasteiger partial charge in [0.1, 0.15) is 11.8 Å². The summed E-state index contributed by atoms with van der Waals surface area (Å²) in [5, 5.41) is 0. The Kier molecular flexibility index (Phi) is 5.28. The number of benzene rings is 1. The fourth-order valence-electron chi connectivity index (χ4n) is 5.53. The van der Waals surface area contributed by atoms with Crippen molar-refractivity contribution in [3.63, 3.8) is 0 Å². The summed E-state index contributed by atoms with van der Waals surface area (Å²) in [6.07, 6.45) is 3.73. The topological polar surface area (TPSA) is 73.4 Å². The van der Waals surface area contributed by atoms with E-state index in [9.17, 15) is 13.2 Å². The molecular formula is C22H32N4O4S. The van der Waals surface area contributed by atoms with Gasteiger partial charge in [-0.05, 0) is 62.9 Å². The maximum absolute atomic E-state index is 13.4. The van der Waals surface area contributed by atoms with Gasteiger partial charge in [-0.3, -0.25) is 9.69 Å². The molecule has 1 aromatic rings. The molecule has 31 heavy (non-hydrogen) atoms. The van der Waals surface area contributed by atoms with E-state index in [1.165, 1.54) is 12.8 Å². The number of carbonyl (C=O) groups excluding carboxylic acids is 1. The second kappa shape index (κ2) is 7.72. The number of hydrogen-bond acceptors (Lipinski definition) is 6. The van der Waals surface area contributed by atoms with Crippen LogP contribution in [0.25, 0.3) is 0 Å². The van der Waals surface area contributed by atoms with Crippen molar-refractivity contribution in [1.82, 2.24) is 19.0 Å². The molecule has 0 N–H and O–H groups in total. The normalized spacial score (nSPS) is 27.6. The third kappa shape index (κ3) is 3.55. The monoisotopic (exact) mass is 448 g/mol. The first kappa shape index (κ1) is 21.2. The summed E-state index contributed by atoms with van der Waals surface area (Å²) in [6, 6.07) is 6.48. The van der Waals surface area contributed by atoms with Crippen molar-refractivity contribution in [1.29, 1.82) is 0 Å². The Balaban J connectivity index is 1.38. The molecule has 1 aromatic carbocycles. The number of piperidine rings is 1. The van der Waals surface area contributed by atoms with Gasteiger partial charge in [-0.15, -0.1) is 0 Å². The first-order valence-corrected chi connectivity index (χ1v) is 12.7. The smallest absolute Gasteiger partial charge is 0.243 e. The Morgan fingerprint density at radius 1 is 1.06 bits per heavy atom. The molecule has 1 aliphatic carbocycles. The number of nitrogens with zero attached hydrogens (tertiary/aromatic N) is 4. The van der Waals surface area contributed by atoms with E-state index in [1.54, 1.807) is 35.7 Å². The highest BCUT2D eigenvalue weighted by molar-refractivity contribution is 7.89. The lowest BCUT2D eigenvalue weighted by Gasteiger charge is -2.50. The van der Waals surface area contributed by atoms with Crippen molar-refractivity contribution < 1.29 is 17.9 Å². The Labute approximate surface area is 184 Å². The van der Waals surface area contributed by atoms with Crippen molar-refractivity contribution in [3.05, 3.63) is 24.3 Å². The molecule has 1 atom stereocenters. The second-order valence-electron chi connectivity index (χ2n) is 9.43. The van der Waals surface area contributed by atoms with E-state index in [2.05, 4.69) is 21.7 Å². The molecule has 3 aliphatic heterocycles. The zero-order valence-electron chi connectivity index (χ0n) is 18.4. The lowest BCUT2D eigenvalue weighted by atomic mass is 9.94. The summed E-state index contributed by atoms with van der Waals surface area (Å²) < 4.78 is 33.2. The van der Waals surface area contributed by atoms with E-state index >= 15 is 0 Å². The van der Waals surface area contributed by atoms with Crippen LogP contribution in [0.2, 0.25) is 0 Å². The molecule has 8 nitrogen and oxygen atoms in total. The van der Waals surface area contributed by atoms with E-state index in [0.717, 1.165) is 26.2 Å². The quantitative estimate of drug-likeness (QED) is 0.670. The van der Waals surface area contributed by atoms with Crippen molar-refractivity contribution in [2.75, 3.05) is 53.4 Å². The third-order valence-electron chi connectivity index (χ3n) is 7.53. The molecule has 0 radical (unpaired) electrons. The molecular weight excluding hydrogens is 416 g/mol.